The van der Waals surface area contributed by atoms with Gasteiger partial charge in [-0.3, -0.25) is 0 Å². The molecule has 0 amide bonds. The van der Waals surface area contributed by atoms with E-state index in [4.69, 9.17) is 0 Å². The zero-order valence-electron chi connectivity index (χ0n) is 6.44. The largest absolute Gasteiger partial charge is 0.195 e. The summed E-state index contributed by atoms with van der Waals surface area (Å²) in [5, 5.41) is 1.78. The van der Waals surface area contributed by atoms with Crippen molar-refractivity contribution in [3.63, 3.8) is 0 Å². The van der Waals surface area contributed by atoms with E-state index in [0.717, 1.165) is 16.9 Å². The lowest BCUT2D eigenvalue weighted by atomic mass is 9.90. The lowest BCUT2D eigenvalue weighted by molar-refractivity contribution is 0.585. The lowest BCUT2D eigenvalue weighted by Crippen LogP contribution is -2.08. The summed E-state index contributed by atoms with van der Waals surface area (Å²) in [5.74, 6) is 0. The quantitative estimate of drug-likeness (QED) is 0.544. The van der Waals surface area contributed by atoms with Gasteiger partial charge in [0.2, 0.25) is 0 Å². The molecule has 0 nitrogen and oxygen atoms in total. The second-order valence-electron chi connectivity index (χ2n) is 3.39. The molecule has 0 fully saturated rings. The van der Waals surface area contributed by atoms with Gasteiger partial charge in [-0.15, -0.1) is 11.3 Å². The molecule has 0 aliphatic heterocycles. The molecule has 0 N–H and O–H groups in total. The van der Waals surface area contributed by atoms with Crippen molar-refractivity contribution in [1.82, 2.24) is 0 Å². The van der Waals surface area contributed by atoms with Crippen LogP contribution >= 0.6 is 11.3 Å². The van der Waals surface area contributed by atoms with Crippen LogP contribution in [0.3, 0.4) is 0 Å². The van der Waals surface area contributed by atoms with Gasteiger partial charge in [-0.1, -0.05) is 20.8 Å². The molecule has 0 radical (unpaired) electrons. The van der Waals surface area contributed by atoms with Gasteiger partial charge in [-0.05, 0) is 22.4 Å². The molecule has 0 aliphatic carbocycles. The molecule has 0 saturated heterocycles. The van der Waals surface area contributed by atoms with Crippen LogP contribution in [-0.2, 0) is 5.41 Å². The van der Waals surface area contributed by atoms with E-state index in [1.807, 2.05) is 5.38 Å². The highest BCUT2D eigenvalue weighted by atomic mass is 32.1. The van der Waals surface area contributed by atoms with Gasteiger partial charge in [0.1, 0.15) is 0 Å². The Morgan fingerprint density at radius 2 is 2.00 bits per heavy atom. The van der Waals surface area contributed by atoms with Crippen LogP contribution in [0, 0.1) is 5.13 Å². The Morgan fingerprint density at radius 1 is 1.40 bits per heavy atom. The predicted molar refractivity (Wildman–Crippen MR) is 43.0 cm³/mol. The summed E-state index contributed by atoms with van der Waals surface area (Å²) >= 11 is 1.16. The molecule has 1 aromatic rings. The van der Waals surface area contributed by atoms with Crippen LogP contribution in [0.5, 0.6) is 0 Å². The van der Waals surface area contributed by atoms with Gasteiger partial charge in [-0.2, -0.15) is 4.39 Å². The van der Waals surface area contributed by atoms with Crippen LogP contribution in [0.2, 0.25) is 0 Å². The topological polar surface area (TPSA) is 0 Å². The Balaban J connectivity index is 2.96. The third-order valence-corrected chi connectivity index (χ3v) is 2.15. The van der Waals surface area contributed by atoms with Crippen LogP contribution < -0.4 is 0 Å². The highest BCUT2D eigenvalue weighted by Gasteiger charge is 2.14. The van der Waals surface area contributed by atoms with Crippen molar-refractivity contribution in [2.75, 3.05) is 0 Å². The first-order valence-corrected chi connectivity index (χ1v) is 4.12. The Hall–Kier alpha value is -0.370. The maximum absolute atomic E-state index is 12.5. The number of hydrogen-bond donors (Lipinski definition) is 0. The molecule has 0 unspecified atom stereocenters. The summed E-state index contributed by atoms with van der Waals surface area (Å²) in [5.41, 5.74) is 1.16. The summed E-state index contributed by atoms with van der Waals surface area (Å²) in [7, 11) is 0. The number of thiophene rings is 1. The number of rotatable bonds is 0. The second kappa shape index (κ2) is 2.35. The fraction of sp³-hybridized carbons (Fsp3) is 0.500. The second-order valence-corrected chi connectivity index (χ2v) is 4.25. The minimum Gasteiger partial charge on any atom is -0.195 e. The first kappa shape index (κ1) is 7.73. The van der Waals surface area contributed by atoms with Gasteiger partial charge in [0.25, 0.3) is 0 Å². The molecular weight excluding hydrogens is 147 g/mol. The summed E-state index contributed by atoms with van der Waals surface area (Å²) in [4.78, 5) is 0. The fourth-order valence-electron chi connectivity index (χ4n) is 0.703. The minimum absolute atomic E-state index is 0.0842. The van der Waals surface area contributed by atoms with Crippen LogP contribution in [0.15, 0.2) is 11.4 Å². The van der Waals surface area contributed by atoms with Crippen LogP contribution in [0.4, 0.5) is 4.39 Å². The standard InChI is InChI=1S/C8H11FS/c1-8(2,3)6-4-7(9)10-5-6/h4-5H,1-3H3. The van der Waals surface area contributed by atoms with Crippen LogP contribution in [-0.4, -0.2) is 0 Å². The van der Waals surface area contributed by atoms with Crippen molar-refractivity contribution < 1.29 is 4.39 Å². The molecule has 0 atom stereocenters. The average Bonchev–Trinajstić information content (AvgIpc) is 2.11. The maximum Gasteiger partial charge on any atom is 0.176 e. The Labute approximate surface area is 64.7 Å². The zero-order valence-corrected chi connectivity index (χ0v) is 7.26. The summed E-state index contributed by atoms with van der Waals surface area (Å²) in [6, 6.07) is 1.60. The third-order valence-electron chi connectivity index (χ3n) is 1.43. The number of halogens is 1. The molecule has 0 spiro atoms. The molecule has 1 rings (SSSR count). The lowest BCUT2D eigenvalue weighted by Gasteiger charge is -2.15. The first-order chi connectivity index (χ1) is 4.50. The van der Waals surface area contributed by atoms with Crippen molar-refractivity contribution in [3.05, 3.63) is 22.1 Å². The zero-order chi connectivity index (χ0) is 7.78. The van der Waals surface area contributed by atoms with Gasteiger partial charge in [-0.25, -0.2) is 0 Å². The molecule has 2 heteroatoms. The highest BCUT2D eigenvalue weighted by molar-refractivity contribution is 7.08. The molecule has 1 heterocycles. The van der Waals surface area contributed by atoms with E-state index in [1.165, 1.54) is 0 Å². The van der Waals surface area contributed by atoms with Crippen molar-refractivity contribution in [3.8, 4) is 0 Å². The van der Waals surface area contributed by atoms with E-state index in [1.54, 1.807) is 6.07 Å². The summed E-state index contributed by atoms with van der Waals surface area (Å²) in [6.07, 6.45) is 0. The minimum atomic E-state index is -0.0927. The molecule has 56 valence electrons. The maximum atomic E-state index is 12.5. The summed E-state index contributed by atoms with van der Waals surface area (Å²) < 4.78 is 12.5. The molecular formula is C8H11FS. The van der Waals surface area contributed by atoms with E-state index in [-0.39, 0.29) is 10.5 Å². The van der Waals surface area contributed by atoms with Gasteiger partial charge in [0.15, 0.2) is 5.13 Å². The van der Waals surface area contributed by atoms with Gasteiger partial charge in [0, 0.05) is 0 Å². The van der Waals surface area contributed by atoms with E-state index in [0.29, 0.717) is 0 Å². The summed E-state index contributed by atoms with van der Waals surface area (Å²) in [6.45, 7) is 6.23. The fourth-order valence-corrected chi connectivity index (χ4v) is 1.56. The Morgan fingerprint density at radius 3 is 2.20 bits per heavy atom. The van der Waals surface area contributed by atoms with Gasteiger partial charge < -0.3 is 0 Å². The highest BCUT2D eigenvalue weighted by Crippen LogP contribution is 2.25. The SMILES string of the molecule is CC(C)(C)c1csc(F)c1. The van der Waals surface area contributed by atoms with Crippen molar-refractivity contribution in [2.45, 2.75) is 26.2 Å². The van der Waals surface area contributed by atoms with E-state index >= 15 is 0 Å². The molecule has 10 heavy (non-hydrogen) atoms. The van der Waals surface area contributed by atoms with Crippen molar-refractivity contribution in [1.29, 1.82) is 0 Å². The molecule has 0 aromatic carbocycles. The van der Waals surface area contributed by atoms with Crippen LogP contribution in [0.1, 0.15) is 26.3 Å². The van der Waals surface area contributed by atoms with Gasteiger partial charge >= 0.3 is 0 Å². The Kier molecular flexibility index (Phi) is 1.82. The average molecular weight is 158 g/mol. The monoisotopic (exact) mass is 158 g/mol. The molecule has 1 aromatic heterocycles. The molecule has 0 aliphatic rings. The smallest absolute Gasteiger partial charge is 0.176 e. The molecule has 0 bridgehead atoms. The van der Waals surface area contributed by atoms with Crippen molar-refractivity contribution in [2.24, 2.45) is 0 Å². The first-order valence-electron chi connectivity index (χ1n) is 3.24. The van der Waals surface area contributed by atoms with Gasteiger partial charge in [0.05, 0.1) is 0 Å². The third kappa shape index (κ3) is 1.57. The number of hydrogen-bond acceptors (Lipinski definition) is 1. The normalized spacial score (nSPS) is 12.0. The van der Waals surface area contributed by atoms with E-state index in [2.05, 4.69) is 20.8 Å². The van der Waals surface area contributed by atoms with E-state index < -0.39 is 0 Å². The molecule has 0 saturated carbocycles. The Bertz CT molecular complexity index is 219. The predicted octanol–water partition coefficient (Wildman–Crippen LogP) is 3.18. The van der Waals surface area contributed by atoms with Crippen molar-refractivity contribution >= 4 is 11.3 Å². The van der Waals surface area contributed by atoms with Crippen LogP contribution in [0.25, 0.3) is 0 Å². The van der Waals surface area contributed by atoms with E-state index in [9.17, 15) is 4.39 Å².